The average molecular weight is 1080 g/mol. The molecule has 0 aromatic rings. The van der Waals surface area contributed by atoms with Gasteiger partial charge in [-0.15, -0.1) is 0 Å². The molecule has 0 aromatic heterocycles. The zero-order valence-electron chi connectivity index (χ0n) is 50.6. The molecule has 3 unspecified atom stereocenters. The van der Waals surface area contributed by atoms with E-state index in [2.05, 4.69) is 55.6 Å². The summed E-state index contributed by atoms with van der Waals surface area (Å²) in [5.74, 6) is -0.178. The van der Waals surface area contributed by atoms with E-state index < -0.39 is 20.0 Å². The predicted molar refractivity (Wildman–Crippen MR) is 327 cm³/mol. The molecule has 0 aliphatic rings. The summed E-state index contributed by atoms with van der Waals surface area (Å²) in [6.07, 6.45) is 76.6. The topological polar surface area (TPSA) is 105 Å². The molecule has 442 valence electrons. The van der Waals surface area contributed by atoms with Crippen LogP contribution in [0.25, 0.3) is 0 Å². The summed E-state index contributed by atoms with van der Waals surface area (Å²) < 4.78 is 23.8. The van der Waals surface area contributed by atoms with Crippen molar-refractivity contribution < 1.29 is 32.9 Å². The first-order chi connectivity index (χ1) is 36.5. The lowest BCUT2D eigenvalue weighted by Crippen LogP contribution is -2.45. The first kappa shape index (κ1) is 73.5. The average Bonchev–Trinajstić information content (AvgIpc) is 3.37. The molecule has 9 heteroatoms. The summed E-state index contributed by atoms with van der Waals surface area (Å²) in [6.45, 7) is 4.84. The standard InChI is InChI=1S/C66H127N2O6P/c1-6-8-10-12-14-16-18-20-22-24-26-28-30-32-33-34-36-37-39-41-43-45-47-49-51-53-55-57-59-65(69)64(63-74-75(71,72)73-62-61-68(3,4)5)67-66(70)60-58-56-54-52-50-48-46-44-42-40-38-35-31-29-27-25-23-21-19-17-15-13-11-9-7-2/h19,21,25,27,31,35,57,59,64-65,69H,6-18,20,22-24,26,28-30,32-34,36-56,58,60-63H2,1-5H3,(H-,67,70,71,72)/p+1/b21-19-,27-25-,35-31-,59-57+. The van der Waals surface area contributed by atoms with Crippen LogP contribution < -0.4 is 5.32 Å². The molecule has 3 atom stereocenters. The second-order valence-corrected chi connectivity index (χ2v) is 24.9. The highest BCUT2D eigenvalue weighted by molar-refractivity contribution is 7.47. The molecule has 0 spiro atoms. The molecule has 0 aromatic carbocycles. The highest BCUT2D eigenvalue weighted by Crippen LogP contribution is 2.43. The van der Waals surface area contributed by atoms with Gasteiger partial charge >= 0.3 is 7.82 Å². The Labute approximate surface area is 467 Å². The van der Waals surface area contributed by atoms with Crippen LogP contribution in [0.3, 0.4) is 0 Å². The van der Waals surface area contributed by atoms with Gasteiger partial charge < -0.3 is 19.8 Å². The summed E-state index contributed by atoms with van der Waals surface area (Å²) in [4.78, 5) is 23.4. The number of hydrogen-bond donors (Lipinski definition) is 3. The molecule has 0 fully saturated rings. The third kappa shape index (κ3) is 60.0. The van der Waals surface area contributed by atoms with Crippen LogP contribution in [-0.2, 0) is 18.4 Å². The lowest BCUT2D eigenvalue weighted by Gasteiger charge is -2.25. The molecule has 0 aliphatic heterocycles. The number of nitrogens with zero attached hydrogens (tertiary/aromatic N) is 1. The van der Waals surface area contributed by atoms with Gasteiger partial charge in [0.25, 0.3) is 0 Å². The molecule has 8 nitrogen and oxygen atoms in total. The van der Waals surface area contributed by atoms with Gasteiger partial charge in [0.2, 0.25) is 5.91 Å². The van der Waals surface area contributed by atoms with Gasteiger partial charge in [0.15, 0.2) is 0 Å². The number of carbonyl (C=O) groups is 1. The smallest absolute Gasteiger partial charge is 0.387 e. The third-order valence-electron chi connectivity index (χ3n) is 14.8. The Morgan fingerprint density at radius 3 is 1.11 bits per heavy atom. The fourth-order valence-electron chi connectivity index (χ4n) is 9.70. The van der Waals surface area contributed by atoms with Crippen LogP contribution in [0.15, 0.2) is 48.6 Å². The van der Waals surface area contributed by atoms with Gasteiger partial charge in [-0.25, -0.2) is 4.57 Å². The number of allylic oxidation sites excluding steroid dienone is 7. The number of carbonyl (C=O) groups excluding carboxylic acids is 1. The van der Waals surface area contributed by atoms with E-state index in [4.69, 9.17) is 9.05 Å². The monoisotopic (exact) mass is 1080 g/mol. The summed E-state index contributed by atoms with van der Waals surface area (Å²) in [5, 5.41) is 14.0. The summed E-state index contributed by atoms with van der Waals surface area (Å²) in [6, 6.07) is -0.851. The van der Waals surface area contributed by atoms with Gasteiger partial charge in [-0.3, -0.25) is 13.8 Å². The van der Waals surface area contributed by atoms with Crippen molar-refractivity contribution in [3.05, 3.63) is 48.6 Å². The van der Waals surface area contributed by atoms with E-state index in [0.717, 1.165) is 51.4 Å². The second kappa shape index (κ2) is 57.2. The van der Waals surface area contributed by atoms with Crippen molar-refractivity contribution >= 4 is 13.7 Å². The van der Waals surface area contributed by atoms with Crippen molar-refractivity contribution in [3.63, 3.8) is 0 Å². The van der Waals surface area contributed by atoms with Crippen molar-refractivity contribution in [1.29, 1.82) is 0 Å². The van der Waals surface area contributed by atoms with Crippen molar-refractivity contribution in [1.82, 2.24) is 5.32 Å². The SMILES string of the molecule is CCCCCCC/C=C\C/C=C\C/C=C\CCCCCCCCCCCCC(=O)NC(COP(=O)(O)OCC[N+](C)(C)C)C(O)/C=C/CCCCCCCCCCCCCCCCCCCCCCCCCCCC. The number of hydrogen-bond acceptors (Lipinski definition) is 5. The van der Waals surface area contributed by atoms with E-state index in [1.807, 2.05) is 27.2 Å². The first-order valence-electron chi connectivity index (χ1n) is 32.5. The number of aliphatic hydroxyl groups excluding tert-OH is 1. The van der Waals surface area contributed by atoms with E-state index in [9.17, 15) is 19.4 Å². The summed E-state index contributed by atoms with van der Waals surface area (Å²) in [7, 11) is 1.58. The Balaban J connectivity index is 4.14. The molecule has 0 saturated heterocycles. The van der Waals surface area contributed by atoms with E-state index in [1.165, 1.54) is 244 Å². The van der Waals surface area contributed by atoms with Gasteiger partial charge in [0.1, 0.15) is 13.2 Å². The fraction of sp³-hybridized carbons (Fsp3) is 0.864. The van der Waals surface area contributed by atoms with Crippen molar-refractivity contribution in [2.45, 2.75) is 328 Å². The molecule has 0 bridgehead atoms. The number of likely N-dealkylation sites (N-methyl/N-ethyl adjacent to an activating group) is 1. The lowest BCUT2D eigenvalue weighted by atomic mass is 10.0. The molecule has 0 heterocycles. The lowest BCUT2D eigenvalue weighted by molar-refractivity contribution is -0.870. The molecular weight excluding hydrogens is 948 g/mol. The molecule has 3 N–H and O–H groups in total. The van der Waals surface area contributed by atoms with E-state index in [1.54, 1.807) is 6.08 Å². The van der Waals surface area contributed by atoms with Crippen LogP contribution in [0.2, 0.25) is 0 Å². The molecule has 75 heavy (non-hydrogen) atoms. The maximum absolute atomic E-state index is 13.0. The third-order valence-corrected chi connectivity index (χ3v) is 15.8. The maximum Gasteiger partial charge on any atom is 0.472 e. The van der Waals surface area contributed by atoms with Gasteiger partial charge in [0.05, 0.1) is 39.9 Å². The number of aliphatic hydroxyl groups is 1. The van der Waals surface area contributed by atoms with Crippen LogP contribution in [0.1, 0.15) is 316 Å². The maximum atomic E-state index is 13.0. The minimum atomic E-state index is -4.35. The number of rotatable bonds is 60. The number of amides is 1. The van der Waals surface area contributed by atoms with Gasteiger partial charge in [-0.1, -0.05) is 300 Å². The normalized spacial score (nSPS) is 14.1. The molecule has 0 rings (SSSR count). The Morgan fingerprint density at radius 1 is 0.453 bits per heavy atom. The molecule has 0 saturated carbocycles. The Hall–Kier alpha value is -1.54. The first-order valence-corrected chi connectivity index (χ1v) is 34.0. The zero-order valence-corrected chi connectivity index (χ0v) is 51.4. The number of phosphoric ester groups is 1. The molecule has 1 amide bonds. The zero-order chi connectivity index (χ0) is 54.9. The summed E-state index contributed by atoms with van der Waals surface area (Å²) in [5.41, 5.74) is 0. The van der Waals surface area contributed by atoms with Crippen molar-refractivity contribution in [3.8, 4) is 0 Å². The van der Waals surface area contributed by atoms with E-state index >= 15 is 0 Å². The van der Waals surface area contributed by atoms with Crippen LogP contribution in [-0.4, -0.2) is 73.4 Å². The van der Waals surface area contributed by atoms with Gasteiger partial charge in [-0.05, 0) is 57.8 Å². The molecular formula is C66H128N2O6P+. The number of phosphoric acid groups is 1. The fourth-order valence-corrected chi connectivity index (χ4v) is 10.4. The Kier molecular flexibility index (Phi) is 56.0. The van der Waals surface area contributed by atoms with Gasteiger partial charge in [0, 0.05) is 6.42 Å². The Morgan fingerprint density at radius 2 is 0.760 bits per heavy atom. The number of nitrogens with one attached hydrogen (secondary N) is 1. The number of quaternary nitrogens is 1. The van der Waals surface area contributed by atoms with E-state index in [-0.39, 0.29) is 19.1 Å². The van der Waals surface area contributed by atoms with E-state index in [0.29, 0.717) is 17.4 Å². The number of unbranched alkanes of at least 4 members (excludes halogenated alkanes) is 41. The highest BCUT2D eigenvalue weighted by atomic mass is 31.2. The minimum absolute atomic E-state index is 0.0603. The van der Waals surface area contributed by atoms with Crippen molar-refractivity contribution in [2.75, 3.05) is 40.9 Å². The second-order valence-electron chi connectivity index (χ2n) is 23.5. The van der Waals surface area contributed by atoms with Gasteiger partial charge in [-0.2, -0.15) is 0 Å². The predicted octanol–water partition coefficient (Wildman–Crippen LogP) is 20.3. The highest BCUT2D eigenvalue weighted by Gasteiger charge is 2.28. The Bertz CT molecular complexity index is 1360. The summed E-state index contributed by atoms with van der Waals surface area (Å²) >= 11 is 0. The van der Waals surface area contributed by atoms with Crippen molar-refractivity contribution in [2.24, 2.45) is 0 Å². The van der Waals surface area contributed by atoms with Crippen LogP contribution in [0, 0.1) is 0 Å². The van der Waals surface area contributed by atoms with Crippen LogP contribution in [0.4, 0.5) is 0 Å². The molecule has 0 aliphatic carbocycles. The van der Waals surface area contributed by atoms with Crippen LogP contribution >= 0.6 is 7.82 Å². The molecule has 0 radical (unpaired) electrons. The quantitative estimate of drug-likeness (QED) is 0.0243. The largest absolute Gasteiger partial charge is 0.472 e. The van der Waals surface area contributed by atoms with Crippen LogP contribution in [0.5, 0.6) is 0 Å². The minimum Gasteiger partial charge on any atom is -0.387 e.